The molecule has 3 aromatic carbocycles. The highest BCUT2D eigenvalue weighted by Gasteiger charge is 2.59. The first-order valence-corrected chi connectivity index (χ1v) is 12.0. The Morgan fingerprint density at radius 3 is 2.42 bits per heavy atom. The van der Waals surface area contributed by atoms with E-state index in [-0.39, 0.29) is 11.9 Å². The molecule has 0 aliphatic carbocycles. The molecule has 1 amide bonds. The summed E-state index contributed by atoms with van der Waals surface area (Å²) >= 11 is 0. The maximum atomic E-state index is 14.2. The van der Waals surface area contributed by atoms with Gasteiger partial charge in [-0.15, -0.1) is 0 Å². The predicted molar refractivity (Wildman–Crippen MR) is 134 cm³/mol. The van der Waals surface area contributed by atoms with Crippen molar-refractivity contribution in [3.05, 3.63) is 96.1 Å². The number of fused-ring (bicyclic) bond motifs is 4. The number of piperidine rings is 1. The van der Waals surface area contributed by atoms with Crippen molar-refractivity contribution in [1.82, 2.24) is 0 Å². The molecule has 3 aliphatic heterocycles. The Morgan fingerprint density at radius 1 is 0.939 bits per heavy atom. The molecule has 0 radical (unpaired) electrons. The summed E-state index contributed by atoms with van der Waals surface area (Å²) in [5, 5.41) is 6.52. The zero-order valence-corrected chi connectivity index (χ0v) is 19.0. The molecule has 0 saturated carbocycles. The third-order valence-electron chi connectivity index (χ3n) is 7.89. The Kier molecular flexibility index (Phi) is 4.83. The van der Waals surface area contributed by atoms with Gasteiger partial charge in [0.2, 0.25) is 0 Å². The smallest absolute Gasteiger partial charge is 0.261 e. The van der Waals surface area contributed by atoms with E-state index in [1.807, 2.05) is 30.3 Å². The molecule has 3 heterocycles. The van der Waals surface area contributed by atoms with E-state index in [0.717, 1.165) is 43.6 Å². The number of para-hydroxylation sites is 2. The van der Waals surface area contributed by atoms with Crippen molar-refractivity contribution in [1.29, 1.82) is 0 Å². The van der Waals surface area contributed by atoms with E-state index in [9.17, 15) is 4.79 Å². The standard InChI is InChI=1S/C29H29N3O/c1-21-29(28(33)32(30-21)25-13-6-3-7-14-25)20-24-12-8-9-15-26(24)31-17-16-23(19-27(29)31)18-22-10-4-2-5-11-22/h2-15,23,27H,16-20H2,1H3/t23-,27+,29-/m0/s1. The van der Waals surface area contributed by atoms with E-state index < -0.39 is 5.41 Å². The van der Waals surface area contributed by atoms with Gasteiger partial charge in [-0.3, -0.25) is 4.79 Å². The Balaban J connectivity index is 1.40. The molecule has 4 heteroatoms. The van der Waals surface area contributed by atoms with Crippen LogP contribution in [-0.4, -0.2) is 24.2 Å². The van der Waals surface area contributed by atoms with Crippen molar-refractivity contribution in [2.24, 2.45) is 16.4 Å². The molecule has 6 rings (SSSR count). The summed E-state index contributed by atoms with van der Waals surface area (Å²) in [6.07, 6.45) is 3.93. The fourth-order valence-electron chi connectivity index (χ4n) is 6.25. The quantitative estimate of drug-likeness (QED) is 0.546. The Hall–Kier alpha value is -3.40. The first kappa shape index (κ1) is 20.2. The monoisotopic (exact) mass is 435 g/mol. The molecular weight excluding hydrogens is 406 g/mol. The molecule has 1 fully saturated rings. The second kappa shape index (κ2) is 7.87. The van der Waals surface area contributed by atoms with Crippen molar-refractivity contribution in [3.63, 3.8) is 0 Å². The zero-order valence-electron chi connectivity index (χ0n) is 19.0. The van der Waals surface area contributed by atoms with Crippen LogP contribution >= 0.6 is 0 Å². The van der Waals surface area contributed by atoms with Crippen LogP contribution in [0.2, 0.25) is 0 Å². The van der Waals surface area contributed by atoms with Gasteiger partial charge in [0, 0.05) is 18.3 Å². The van der Waals surface area contributed by atoms with E-state index in [0.29, 0.717) is 5.92 Å². The van der Waals surface area contributed by atoms with Crippen LogP contribution in [-0.2, 0) is 17.6 Å². The van der Waals surface area contributed by atoms with Gasteiger partial charge in [-0.05, 0) is 67.9 Å². The van der Waals surface area contributed by atoms with Crippen LogP contribution in [0, 0.1) is 11.3 Å². The molecule has 3 aromatic rings. The topological polar surface area (TPSA) is 35.9 Å². The van der Waals surface area contributed by atoms with Crippen molar-refractivity contribution in [2.45, 2.75) is 38.6 Å². The lowest BCUT2D eigenvalue weighted by molar-refractivity contribution is -0.125. The van der Waals surface area contributed by atoms with Gasteiger partial charge in [0.1, 0.15) is 5.41 Å². The molecule has 1 spiro atoms. The van der Waals surface area contributed by atoms with E-state index in [1.165, 1.54) is 16.8 Å². The summed E-state index contributed by atoms with van der Waals surface area (Å²) in [6, 6.07) is 29.4. The number of nitrogens with zero attached hydrogens (tertiary/aromatic N) is 3. The largest absolute Gasteiger partial charge is 0.367 e. The molecule has 0 aromatic heterocycles. The molecule has 166 valence electrons. The van der Waals surface area contributed by atoms with Crippen LogP contribution in [0.25, 0.3) is 0 Å². The van der Waals surface area contributed by atoms with Crippen LogP contribution in [0.4, 0.5) is 11.4 Å². The number of amides is 1. The fraction of sp³-hybridized carbons (Fsp3) is 0.310. The van der Waals surface area contributed by atoms with Crippen molar-refractivity contribution in [3.8, 4) is 0 Å². The van der Waals surface area contributed by atoms with Crippen LogP contribution in [0.3, 0.4) is 0 Å². The Morgan fingerprint density at radius 2 is 1.64 bits per heavy atom. The highest BCUT2D eigenvalue weighted by Crippen LogP contribution is 2.50. The van der Waals surface area contributed by atoms with E-state index in [1.54, 1.807) is 5.01 Å². The summed E-state index contributed by atoms with van der Waals surface area (Å²) in [6.45, 7) is 3.04. The molecule has 0 unspecified atom stereocenters. The van der Waals surface area contributed by atoms with Gasteiger partial charge in [-0.25, -0.2) is 0 Å². The minimum atomic E-state index is -0.612. The average Bonchev–Trinajstić information content (AvgIpc) is 3.11. The Bertz CT molecular complexity index is 1210. The summed E-state index contributed by atoms with van der Waals surface area (Å²) in [4.78, 5) is 16.7. The summed E-state index contributed by atoms with van der Waals surface area (Å²) < 4.78 is 0. The molecule has 1 saturated heterocycles. The lowest BCUT2D eigenvalue weighted by Crippen LogP contribution is -2.62. The zero-order chi connectivity index (χ0) is 22.4. The highest BCUT2D eigenvalue weighted by atomic mass is 16.2. The second-order valence-corrected chi connectivity index (χ2v) is 9.70. The van der Waals surface area contributed by atoms with Gasteiger partial charge < -0.3 is 4.90 Å². The molecule has 33 heavy (non-hydrogen) atoms. The Labute approximate surface area is 195 Å². The first-order valence-electron chi connectivity index (χ1n) is 12.0. The van der Waals surface area contributed by atoms with Gasteiger partial charge >= 0.3 is 0 Å². The molecule has 4 nitrogen and oxygen atoms in total. The maximum Gasteiger partial charge on any atom is 0.261 e. The van der Waals surface area contributed by atoms with Crippen LogP contribution < -0.4 is 9.91 Å². The summed E-state index contributed by atoms with van der Waals surface area (Å²) in [5.41, 5.74) is 5.12. The SMILES string of the molecule is CC1=NN(c2ccccc2)C(=O)[C@@]12Cc1ccccc1N1CC[C@@H](Cc3ccccc3)C[C@@H]12. The van der Waals surface area contributed by atoms with Crippen molar-refractivity contribution >= 4 is 23.0 Å². The normalized spacial score (nSPS) is 26.2. The number of benzene rings is 3. The average molecular weight is 436 g/mol. The number of hydrogen-bond donors (Lipinski definition) is 0. The number of hydrogen-bond acceptors (Lipinski definition) is 3. The first-order chi connectivity index (χ1) is 16.2. The van der Waals surface area contributed by atoms with Gasteiger partial charge in [-0.2, -0.15) is 10.1 Å². The molecule has 0 N–H and O–H groups in total. The summed E-state index contributed by atoms with van der Waals surface area (Å²) in [5.74, 6) is 0.679. The minimum Gasteiger partial charge on any atom is -0.367 e. The number of carbonyl (C=O) groups is 1. The van der Waals surface area contributed by atoms with E-state index >= 15 is 0 Å². The highest BCUT2D eigenvalue weighted by molar-refractivity contribution is 6.20. The van der Waals surface area contributed by atoms with Crippen LogP contribution in [0.15, 0.2) is 90.0 Å². The lowest BCUT2D eigenvalue weighted by atomic mass is 9.64. The minimum absolute atomic E-state index is 0.121. The third-order valence-corrected chi connectivity index (χ3v) is 7.89. The van der Waals surface area contributed by atoms with Crippen LogP contribution in [0.5, 0.6) is 0 Å². The third kappa shape index (κ3) is 3.19. The maximum absolute atomic E-state index is 14.2. The van der Waals surface area contributed by atoms with Gasteiger partial charge in [0.25, 0.3) is 5.91 Å². The fourth-order valence-corrected chi connectivity index (χ4v) is 6.25. The number of carbonyl (C=O) groups excluding carboxylic acids is 1. The molecule has 3 aliphatic rings. The van der Waals surface area contributed by atoms with Gasteiger partial charge in [-0.1, -0.05) is 66.7 Å². The van der Waals surface area contributed by atoms with Crippen LogP contribution in [0.1, 0.15) is 30.9 Å². The number of anilines is 2. The van der Waals surface area contributed by atoms with E-state index in [2.05, 4.69) is 66.4 Å². The van der Waals surface area contributed by atoms with Crippen molar-refractivity contribution in [2.75, 3.05) is 16.5 Å². The molecule has 0 bridgehead atoms. The molecular formula is C29H29N3O. The lowest BCUT2D eigenvalue weighted by Gasteiger charge is -2.52. The summed E-state index contributed by atoms with van der Waals surface area (Å²) in [7, 11) is 0. The van der Waals surface area contributed by atoms with Gasteiger partial charge in [0.15, 0.2) is 0 Å². The number of rotatable bonds is 3. The predicted octanol–water partition coefficient (Wildman–Crippen LogP) is 5.48. The molecule has 3 atom stereocenters. The second-order valence-electron chi connectivity index (χ2n) is 9.70. The van der Waals surface area contributed by atoms with E-state index in [4.69, 9.17) is 5.10 Å². The number of hydrazone groups is 1. The van der Waals surface area contributed by atoms with Crippen molar-refractivity contribution < 1.29 is 4.79 Å². The van der Waals surface area contributed by atoms with Gasteiger partial charge in [0.05, 0.1) is 11.4 Å².